The minimum Gasteiger partial charge on any atom is -0.490 e. The van der Waals surface area contributed by atoms with E-state index in [-0.39, 0.29) is 13.2 Å². The Bertz CT molecular complexity index is 460. The molecule has 1 aromatic rings. The molecule has 0 radical (unpaired) electrons. The van der Waals surface area contributed by atoms with Crippen molar-refractivity contribution in [2.45, 2.75) is 32.9 Å². The van der Waals surface area contributed by atoms with Gasteiger partial charge < -0.3 is 25.0 Å². The van der Waals surface area contributed by atoms with Crippen LogP contribution in [0.1, 0.15) is 26.3 Å². The molecule has 0 aliphatic heterocycles. The molecule has 0 saturated heterocycles. The summed E-state index contributed by atoms with van der Waals surface area (Å²) in [5, 5.41) is 21.9. The van der Waals surface area contributed by atoms with Crippen molar-refractivity contribution in [3.8, 4) is 11.5 Å². The molecule has 22 heavy (non-hydrogen) atoms. The fraction of sp³-hybridized carbons (Fsp3) is 0.529. The molecule has 0 aromatic heterocycles. The van der Waals surface area contributed by atoms with Gasteiger partial charge in [0, 0.05) is 12.6 Å². The van der Waals surface area contributed by atoms with Crippen molar-refractivity contribution in [1.29, 1.82) is 0 Å². The average Bonchev–Trinajstić information content (AvgIpc) is 2.50. The van der Waals surface area contributed by atoms with Crippen LogP contribution in [0.25, 0.3) is 6.08 Å². The van der Waals surface area contributed by atoms with Gasteiger partial charge in [-0.15, -0.1) is 0 Å². The summed E-state index contributed by atoms with van der Waals surface area (Å²) < 4.78 is 11.2. The lowest BCUT2D eigenvalue weighted by Crippen LogP contribution is -2.35. The van der Waals surface area contributed by atoms with Crippen molar-refractivity contribution >= 4 is 6.08 Å². The van der Waals surface area contributed by atoms with Crippen LogP contribution in [-0.2, 0) is 0 Å². The molecule has 0 heterocycles. The van der Waals surface area contributed by atoms with Gasteiger partial charge in [-0.05, 0) is 24.6 Å². The fourth-order valence-electron chi connectivity index (χ4n) is 1.82. The Morgan fingerprint density at radius 3 is 2.64 bits per heavy atom. The van der Waals surface area contributed by atoms with Crippen LogP contribution in [0.15, 0.2) is 24.3 Å². The summed E-state index contributed by atoms with van der Waals surface area (Å²) in [6.07, 6.45) is 2.89. The number of aliphatic hydroxyl groups excluding tert-OH is 2. The standard InChI is InChI=1S/C17H27NO4/c1-4-21-17-10-14(6-5-9-19)7-8-16(17)22-12-15(20)11-18-13(2)3/h5-8,10,13,15,18-20H,4,9,11-12H2,1-3H3/b6-5+. The molecule has 0 saturated carbocycles. The second-order valence-electron chi connectivity index (χ2n) is 5.25. The number of hydrogen-bond donors (Lipinski definition) is 3. The lowest BCUT2D eigenvalue weighted by molar-refractivity contribution is 0.102. The number of ether oxygens (including phenoxy) is 2. The SMILES string of the molecule is CCOc1cc(/C=C/CO)ccc1OCC(O)CNC(C)C. The zero-order valence-electron chi connectivity index (χ0n) is 13.6. The maximum Gasteiger partial charge on any atom is 0.161 e. The summed E-state index contributed by atoms with van der Waals surface area (Å²) >= 11 is 0. The van der Waals surface area contributed by atoms with Crippen molar-refractivity contribution < 1.29 is 19.7 Å². The fourth-order valence-corrected chi connectivity index (χ4v) is 1.82. The van der Waals surface area contributed by atoms with Gasteiger partial charge in [-0.3, -0.25) is 0 Å². The van der Waals surface area contributed by atoms with Crippen LogP contribution in [0.3, 0.4) is 0 Å². The van der Waals surface area contributed by atoms with Gasteiger partial charge in [0.1, 0.15) is 12.7 Å². The highest BCUT2D eigenvalue weighted by molar-refractivity contribution is 5.55. The molecule has 1 rings (SSSR count). The highest BCUT2D eigenvalue weighted by atomic mass is 16.5. The smallest absolute Gasteiger partial charge is 0.161 e. The molecule has 0 bridgehead atoms. The third-order valence-electron chi connectivity index (χ3n) is 2.88. The van der Waals surface area contributed by atoms with E-state index in [1.165, 1.54) is 0 Å². The van der Waals surface area contributed by atoms with Crippen LogP contribution in [0.2, 0.25) is 0 Å². The van der Waals surface area contributed by atoms with E-state index >= 15 is 0 Å². The largest absolute Gasteiger partial charge is 0.490 e. The zero-order valence-corrected chi connectivity index (χ0v) is 13.6. The second kappa shape index (κ2) is 10.2. The first-order chi connectivity index (χ1) is 10.6. The first-order valence-corrected chi connectivity index (χ1v) is 7.65. The molecule has 5 heteroatoms. The van der Waals surface area contributed by atoms with Gasteiger partial charge in [0.2, 0.25) is 0 Å². The maximum atomic E-state index is 9.88. The molecular weight excluding hydrogens is 282 g/mol. The summed E-state index contributed by atoms with van der Waals surface area (Å²) in [4.78, 5) is 0. The van der Waals surface area contributed by atoms with E-state index < -0.39 is 6.10 Å². The first kappa shape index (κ1) is 18.5. The lowest BCUT2D eigenvalue weighted by atomic mass is 10.2. The molecule has 3 N–H and O–H groups in total. The quantitative estimate of drug-likeness (QED) is 0.615. The normalized spacial score (nSPS) is 12.8. The van der Waals surface area contributed by atoms with Crippen LogP contribution in [-0.4, -0.2) is 48.7 Å². The molecule has 0 fully saturated rings. The first-order valence-electron chi connectivity index (χ1n) is 7.65. The maximum absolute atomic E-state index is 9.88. The summed E-state index contributed by atoms with van der Waals surface area (Å²) in [5.74, 6) is 1.23. The van der Waals surface area contributed by atoms with E-state index in [0.717, 1.165) is 5.56 Å². The Morgan fingerprint density at radius 1 is 1.23 bits per heavy atom. The number of rotatable bonds is 10. The molecule has 5 nitrogen and oxygen atoms in total. The minimum absolute atomic E-state index is 0.00271. The molecule has 1 aromatic carbocycles. The third kappa shape index (κ3) is 6.93. The predicted octanol–water partition coefficient (Wildman–Crippen LogP) is 1.83. The molecule has 0 aliphatic carbocycles. The Balaban J connectivity index is 2.66. The van der Waals surface area contributed by atoms with Gasteiger partial charge in [0.05, 0.1) is 13.2 Å². The predicted molar refractivity (Wildman–Crippen MR) is 88.4 cm³/mol. The van der Waals surface area contributed by atoms with Crippen molar-refractivity contribution in [3.63, 3.8) is 0 Å². The topological polar surface area (TPSA) is 71.0 Å². The number of nitrogens with one attached hydrogen (secondary N) is 1. The molecule has 0 amide bonds. The molecule has 124 valence electrons. The number of aliphatic hydroxyl groups is 2. The number of benzene rings is 1. The van der Waals surface area contributed by atoms with E-state index in [9.17, 15) is 5.11 Å². The monoisotopic (exact) mass is 309 g/mol. The van der Waals surface area contributed by atoms with E-state index in [2.05, 4.69) is 5.32 Å². The second-order valence-corrected chi connectivity index (χ2v) is 5.25. The van der Waals surface area contributed by atoms with Gasteiger partial charge in [0.15, 0.2) is 11.5 Å². The van der Waals surface area contributed by atoms with Crippen molar-refractivity contribution in [2.75, 3.05) is 26.4 Å². The average molecular weight is 309 g/mol. The lowest BCUT2D eigenvalue weighted by Gasteiger charge is -2.17. The number of hydrogen-bond acceptors (Lipinski definition) is 5. The van der Waals surface area contributed by atoms with Gasteiger partial charge in [-0.1, -0.05) is 32.1 Å². The van der Waals surface area contributed by atoms with Crippen LogP contribution < -0.4 is 14.8 Å². The van der Waals surface area contributed by atoms with Crippen molar-refractivity contribution in [1.82, 2.24) is 5.32 Å². The summed E-state index contributed by atoms with van der Waals surface area (Å²) in [7, 11) is 0. The Kier molecular flexibility index (Phi) is 8.58. The highest BCUT2D eigenvalue weighted by Crippen LogP contribution is 2.29. The molecule has 0 aliphatic rings. The Labute approximate surface area is 132 Å². The van der Waals surface area contributed by atoms with Gasteiger partial charge >= 0.3 is 0 Å². The van der Waals surface area contributed by atoms with Crippen LogP contribution in [0, 0.1) is 0 Å². The van der Waals surface area contributed by atoms with Gasteiger partial charge in [-0.25, -0.2) is 0 Å². The summed E-state index contributed by atoms with van der Waals surface area (Å²) in [6.45, 7) is 7.17. The van der Waals surface area contributed by atoms with E-state index in [1.807, 2.05) is 45.0 Å². The van der Waals surface area contributed by atoms with E-state index in [4.69, 9.17) is 14.6 Å². The molecule has 1 atom stereocenters. The molecule has 1 unspecified atom stereocenters. The van der Waals surface area contributed by atoms with Crippen LogP contribution in [0.4, 0.5) is 0 Å². The van der Waals surface area contributed by atoms with Gasteiger partial charge in [-0.2, -0.15) is 0 Å². The highest BCUT2D eigenvalue weighted by Gasteiger charge is 2.10. The zero-order chi connectivity index (χ0) is 16.4. The van der Waals surface area contributed by atoms with Crippen molar-refractivity contribution in [3.05, 3.63) is 29.8 Å². The van der Waals surface area contributed by atoms with E-state index in [1.54, 1.807) is 6.08 Å². The Morgan fingerprint density at radius 2 is 2.00 bits per heavy atom. The van der Waals surface area contributed by atoms with Crippen LogP contribution in [0.5, 0.6) is 11.5 Å². The summed E-state index contributed by atoms with van der Waals surface area (Å²) in [5.41, 5.74) is 0.923. The van der Waals surface area contributed by atoms with E-state index in [0.29, 0.717) is 30.7 Å². The summed E-state index contributed by atoms with van der Waals surface area (Å²) in [6, 6.07) is 5.86. The third-order valence-corrected chi connectivity index (χ3v) is 2.88. The van der Waals surface area contributed by atoms with Gasteiger partial charge in [0.25, 0.3) is 0 Å². The minimum atomic E-state index is -0.578. The Hall–Kier alpha value is -1.56. The van der Waals surface area contributed by atoms with Crippen LogP contribution >= 0.6 is 0 Å². The van der Waals surface area contributed by atoms with Crippen molar-refractivity contribution in [2.24, 2.45) is 0 Å². The molecular formula is C17H27NO4. The molecule has 0 spiro atoms.